The summed E-state index contributed by atoms with van der Waals surface area (Å²) in [7, 11) is -6.57. The van der Waals surface area contributed by atoms with Crippen LogP contribution in [0.3, 0.4) is 0 Å². The molecule has 0 spiro atoms. The Hall–Kier alpha value is -4.35. The minimum atomic E-state index is -4.07. The number of nitrogens with zero attached hydrogens (tertiary/aromatic N) is 1. The summed E-state index contributed by atoms with van der Waals surface area (Å²) in [5.41, 5.74) is 3.46. The van der Waals surface area contributed by atoms with Crippen LogP contribution in [0.1, 0.15) is 16.7 Å². The summed E-state index contributed by atoms with van der Waals surface area (Å²) in [4.78, 5) is 13.2. The molecule has 4 aromatic carbocycles. The maximum Gasteiger partial charge on any atom is 0.264 e. The molecule has 0 atom stereocenters. The number of hydrogen-bond donors (Lipinski definition) is 2. The summed E-state index contributed by atoms with van der Waals surface area (Å²) >= 11 is 0. The summed E-state index contributed by atoms with van der Waals surface area (Å²) in [6, 6.07) is 23.9. The first-order valence-electron chi connectivity index (χ1n) is 12.6. The highest BCUT2D eigenvalue weighted by molar-refractivity contribution is 7.93. The van der Waals surface area contributed by atoms with Gasteiger partial charge in [0, 0.05) is 5.69 Å². The fourth-order valence-electron chi connectivity index (χ4n) is 4.18. The Morgan fingerprint density at radius 1 is 0.805 bits per heavy atom. The average molecular weight is 594 g/mol. The fourth-order valence-corrected chi connectivity index (χ4v) is 6.74. The Morgan fingerprint density at radius 3 is 2.15 bits per heavy atom. The summed E-state index contributed by atoms with van der Waals surface area (Å²) in [6.45, 7) is 5.01. The predicted octanol–water partition coefficient (Wildman–Crippen LogP) is 5.26. The molecule has 0 aromatic heterocycles. The standard InChI is InChI=1S/C30H31N3O6S2/c1-21-13-18-29(39-4)27(19-21)32-40(35,36)25-16-14-24(15-17-25)31-30(34)20-33(28-12-8-9-22(2)23(28)3)41(37,38)26-10-6-5-7-11-26/h5-19,32H,20H2,1-4H3,(H,31,34). The molecule has 1 amide bonds. The van der Waals surface area contributed by atoms with E-state index in [0.717, 1.165) is 21.0 Å². The molecule has 0 saturated carbocycles. The lowest BCUT2D eigenvalue weighted by molar-refractivity contribution is -0.114. The summed E-state index contributed by atoms with van der Waals surface area (Å²) in [6.07, 6.45) is 0. The van der Waals surface area contributed by atoms with Gasteiger partial charge in [0.1, 0.15) is 12.3 Å². The van der Waals surface area contributed by atoms with Gasteiger partial charge in [-0.2, -0.15) is 0 Å². The van der Waals surface area contributed by atoms with Gasteiger partial charge in [0.2, 0.25) is 5.91 Å². The van der Waals surface area contributed by atoms with Crippen LogP contribution in [-0.4, -0.2) is 36.4 Å². The number of methoxy groups -OCH3 is 1. The number of rotatable bonds is 10. The van der Waals surface area contributed by atoms with Gasteiger partial charge in [-0.05, 0) is 92.1 Å². The van der Waals surface area contributed by atoms with E-state index in [4.69, 9.17) is 4.74 Å². The molecule has 0 fully saturated rings. The SMILES string of the molecule is COc1ccc(C)cc1NS(=O)(=O)c1ccc(NC(=O)CN(c2cccc(C)c2C)S(=O)(=O)c2ccccc2)cc1. The quantitative estimate of drug-likeness (QED) is 0.259. The van der Waals surface area contributed by atoms with Crippen molar-refractivity contribution in [2.45, 2.75) is 30.6 Å². The summed E-state index contributed by atoms with van der Waals surface area (Å²) in [5, 5.41) is 2.67. The predicted molar refractivity (Wildman–Crippen MR) is 161 cm³/mol. The maximum absolute atomic E-state index is 13.6. The second kappa shape index (κ2) is 12.0. The highest BCUT2D eigenvalue weighted by Gasteiger charge is 2.28. The molecule has 2 N–H and O–H groups in total. The molecule has 0 bridgehead atoms. The van der Waals surface area contributed by atoms with Gasteiger partial charge < -0.3 is 10.1 Å². The number of hydrogen-bond acceptors (Lipinski definition) is 6. The van der Waals surface area contributed by atoms with Gasteiger partial charge in [0.25, 0.3) is 20.0 Å². The van der Waals surface area contributed by atoms with E-state index in [1.54, 1.807) is 55.5 Å². The van der Waals surface area contributed by atoms with Crippen LogP contribution in [0.15, 0.2) is 101 Å². The van der Waals surface area contributed by atoms with Crippen molar-refractivity contribution in [3.8, 4) is 5.75 Å². The van der Waals surface area contributed by atoms with E-state index >= 15 is 0 Å². The van der Waals surface area contributed by atoms with E-state index in [1.165, 1.54) is 43.5 Å². The third kappa shape index (κ3) is 6.69. The third-order valence-electron chi connectivity index (χ3n) is 6.51. The van der Waals surface area contributed by atoms with Gasteiger partial charge >= 0.3 is 0 Å². The molecule has 0 heterocycles. The largest absolute Gasteiger partial charge is 0.495 e. The molecule has 0 radical (unpaired) electrons. The normalized spacial score (nSPS) is 11.5. The number of carbonyl (C=O) groups excluding carboxylic acids is 1. The molecule has 0 aliphatic carbocycles. The van der Waals surface area contributed by atoms with Crippen LogP contribution in [0.2, 0.25) is 0 Å². The molecule has 4 rings (SSSR count). The summed E-state index contributed by atoms with van der Waals surface area (Å²) in [5.74, 6) is -0.217. The zero-order valence-corrected chi connectivity index (χ0v) is 24.7. The minimum absolute atomic E-state index is 0.0253. The second-order valence-electron chi connectivity index (χ2n) is 9.43. The number of ether oxygens (including phenoxy) is 1. The van der Waals surface area contributed by atoms with Crippen molar-refractivity contribution in [2.24, 2.45) is 0 Å². The molecule has 11 heteroatoms. The monoisotopic (exact) mass is 593 g/mol. The van der Waals surface area contributed by atoms with Crippen molar-refractivity contribution in [1.82, 2.24) is 0 Å². The van der Waals surface area contributed by atoms with Crippen LogP contribution < -0.4 is 19.1 Å². The first kappa shape index (κ1) is 29.6. The van der Waals surface area contributed by atoms with Gasteiger partial charge in [-0.25, -0.2) is 16.8 Å². The lowest BCUT2D eigenvalue weighted by Crippen LogP contribution is -2.38. The molecule has 9 nitrogen and oxygen atoms in total. The highest BCUT2D eigenvalue weighted by atomic mass is 32.2. The number of benzene rings is 4. The smallest absolute Gasteiger partial charge is 0.264 e. The van der Waals surface area contributed by atoms with Gasteiger partial charge in [-0.1, -0.05) is 36.4 Å². The molecule has 214 valence electrons. The molecular formula is C30H31N3O6S2. The molecule has 0 aliphatic heterocycles. The van der Waals surface area contributed by atoms with Crippen LogP contribution in [0, 0.1) is 20.8 Å². The van der Waals surface area contributed by atoms with Crippen LogP contribution in [0.5, 0.6) is 5.75 Å². The number of aryl methyl sites for hydroxylation is 2. The number of anilines is 3. The van der Waals surface area contributed by atoms with Crippen LogP contribution in [-0.2, 0) is 24.8 Å². The lowest BCUT2D eigenvalue weighted by atomic mass is 10.1. The van der Waals surface area contributed by atoms with E-state index in [9.17, 15) is 21.6 Å². The van der Waals surface area contributed by atoms with Gasteiger partial charge in [0.15, 0.2) is 0 Å². The van der Waals surface area contributed by atoms with E-state index in [0.29, 0.717) is 22.8 Å². The number of carbonyl (C=O) groups is 1. The van der Waals surface area contributed by atoms with Crippen LogP contribution in [0.4, 0.5) is 17.1 Å². The van der Waals surface area contributed by atoms with Crippen molar-refractivity contribution in [1.29, 1.82) is 0 Å². The molecule has 4 aromatic rings. The lowest BCUT2D eigenvalue weighted by Gasteiger charge is -2.26. The van der Waals surface area contributed by atoms with Crippen molar-refractivity contribution in [3.63, 3.8) is 0 Å². The van der Waals surface area contributed by atoms with E-state index < -0.39 is 32.5 Å². The van der Waals surface area contributed by atoms with E-state index in [-0.39, 0.29) is 9.79 Å². The molecule has 0 aliphatic rings. The van der Waals surface area contributed by atoms with Crippen LogP contribution in [0.25, 0.3) is 0 Å². The number of sulfonamides is 2. The molecule has 41 heavy (non-hydrogen) atoms. The van der Waals surface area contributed by atoms with E-state index in [2.05, 4.69) is 10.0 Å². The third-order valence-corrected chi connectivity index (χ3v) is 9.67. The number of amides is 1. The van der Waals surface area contributed by atoms with E-state index in [1.807, 2.05) is 19.9 Å². The first-order chi connectivity index (χ1) is 19.4. The Balaban J connectivity index is 1.56. The molecule has 0 unspecified atom stereocenters. The topological polar surface area (TPSA) is 122 Å². The van der Waals surface area contributed by atoms with Crippen molar-refractivity contribution >= 4 is 43.0 Å². The Labute approximate surface area is 240 Å². The summed E-state index contributed by atoms with van der Waals surface area (Å²) < 4.78 is 62.1. The Bertz CT molecular complexity index is 1770. The average Bonchev–Trinajstić information content (AvgIpc) is 2.94. The number of nitrogens with one attached hydrogen (secondary N) is 2. The Kier molecular flexibility index (Phi) is 8.69. The van der Waals surface area contributed by atoms with Crippen molar-refractivity contribution in [3.05, 3.63) is 108 Å². The van der Waals surface area contributed by atoms with Gasteiger partial charge in [-0.15, -0.1) is 0 Å². The highest BCUT2D eigenvalue weighted by Crippen LogP contribution is 2.30. The maximum atomic E-state index is 13.6. The van der Waals surface area contributed by atoms with Crippen LogP contribution >= 0.6 is 0 Å². The zero-order chi connectivity index (χ0) is 29.8. The zero-order valence-electron chi connectivity index (χ0n) is 23.1. The van der Waals surface area contributed by atoms with Crippen molar-refractivity contribution < 1.29 is 26.4 Å². The fraction of sp³-hybridized carbons (Fsp3) is 0.167. The minimum Gasteiger partial charge on any atom is -0.495 e. The van der Waals surface area contributed by atoms with Gasteiger partial charge in [0.05, 0.1) is 28.3 Å². The van der Waals surface area contributed by atoms with Crippen molar-refractivity contribution in [2.75, 3.05) is 28.0 Å². The Morgan fingerprint density at radius 2 is 1.49 bits per heavy atom. The van der Waals surface area contributed by atoms with Gasteiger partial charge in [-0.3, -0.25) is 13.8 Å². The second-order valence-corrected chi connectivity index (χ2v) is 13.0. The first-order valence-corrected chi connectivity index (χ1v) is 15.6. The molecular weight excluding hydrogens is 562 g/mol. The molecule has 0 saturated heterocycles.